The van der Waals surface area contributed by atoms with E-state index in [-0.39, 0.29) is 16.8 Å². The van der Waals surface area contributed by atoms with E-state index in [0.717, 1.165) is 38.5 Å². The number of nitrogens with zero attached hydrogens (tertiary/aromatic N) is 2. The Labute approximate surface area is 162 Å². The number of hydrogen-bond donors (Lipinski definition) is 0. The fourth-order valence-electron chi connectivity index (χ4n) is 4.90. The molecule has 1 aliphatic carbocycles. The number of sulfonamides is 1. The summed E-state index contributed by atoms with van der Waals surface area (Å²) in [6.07, 6.45) is 5.61. The second kappa shape index (κ2) is 7.80. The Hall–Kier alpha value is -1.60. The maximum absolute atomic E-state index is 13.7. The molecule has 0 unspecified atom stereocenters. The molecule has 1 spiro atoms. The number of methoxy groups -OCH3 is 1. The fraction of sp³-hybridized carbons (Fsp3) is 0.650. The lowest BCUT2D eigenvalue weighted by Gasteiger charge is -2.40. The third kappa shape index (κ3) is 3.59. The van der Waals surface area contributed by atoms with E-state index in [1.54, 1.807) is 35.5 Å². The number of hydrogen-bond acceptors (Lipinski definition) is 4. The van der Waals surface area contributed by atoms with E-state index in [9.17, 15) is 13.2 Å². The van der Waals surface area contributed by atoms with E-state index < -0.39 is 15.6 Å². The van der Waals surface area contributed by atoms with E-state index >= 15 is 0 Å². The van der Waals surface area contributed by atoms with E-state index in [4.69, 9.17) is 4.74 Å². The van der Waals surface area contributed by atoms with E-state index in [1.807, 2.05) is 11.8 Å². The number of benzene rings is 1. The Kier molecular flexibility index (Phi) is 5.82. The largest absolute Gasteiger partial charge is 0.495 e. The zero-order chi connectivity index (χ0) is 19.7. The first-order valence-corrected chi connectivity index (χ1v) is 11.2. The molecule has 0 radical (unpaired) electrons. The monoisotopic (exact) mass is 394 g/mol. The number of rotatable bonds is 5. The normalized spacial score (nSPS) is 22.7. The average molecular weight is 395 g/mol. The molecule has 1 aromatic carbocycles. The van der Waals surface area contributed by atoms with Crippen LogP contribution in [0.2, 0.25) is 0 Å². The van der Waals surface area contributed by atoms with Crippen molar-refractivity contribution in [2.24, 2.45) is 0 Å². The summed E-state index contributed by atoms with van der Waals surface area (Å²) in [5, 5.41) is 0. The Morgan fingerprint density at radius 1 is 1.26 bits per heavy atom. The highest BCUT2D eigenvalue weighted by Crippen LogP contribution is 2.46. The molecule has 1 saturated heterocycles. The maximum atomic E-state index is 13.7. The van der Waals surface area contributed by atoms with Crippen molar-refractivity contribution in [1.82, 2.24) is 9.21 Å². The molecule has 150 valence electrons. The number of carbonyl (C=O) groups excluding carboxylic acids is 1. The molecule has 1 heterocycles. The average Bonchev–Trinajstić information content (AvgIpc) is 3.01. The van der Waals surface area contributed by atoms with Gasteiger partial charge in [0.05, 0.1) is 7.11 Å². The molecular formula is C20H30N2O4S. The van der Waals surface area contributed by atoms with Crippen molar-refractivity contribution in [2.45, 2.75) is 68.8 Å². The fourth-order valence-corrected chi connectivity index (χ4v) is 6.93. The minimum atomic E-state index is -3.72. The summed E-state index contributed by atoms with van der Waals surface area (Å²) in [5.74, 6) is 0.371. The standard InChI is InChI=1S/C20H30N2O4S/c1-4-21(16(2)23)17-14-20(12-8-5-9-13-20)22(15-17)27(24,25)19-11-7-6-10-18(19)26-3/h6-7,10-11,17H,4-5,8-9,12-15H2,1-3H3/t17-/m0/s1. The molecule has 6 nitrogen and oxygen atoms in total. The predicted molar refractivity (Wildman–Crippen MR) is 104 cm³/mol. The van der Waals surface area contributed by atoms with Crippen LogP contribution in [0.25, 0.3) is 0 Å². The quantitative estimate of drug-likeness (QED) is 0.770. The van der Waals surface area contributed by atoms with Crippen LogP contribution in [0.3, 0.4) is 0 Å². The maximum Gasteiger partial charge on any atom is 0.247 e. The van der Waals surface area contributed by atoms with Crippen LogP contribution in [0.15, 0.2) is 29.2 Å². The van der Waals surface area contributed by atoms with Gasteiger partial charge in [-0.15, -0.1) is 0 Å². The van der Waals surface area contributed by atoms with Gasteiger partial charge in [-0.2, -0.15) is 4.31 Å². The van der Waals surface area contributed by atoms with Gasteiger partial charge in [-0.3, -0.25) is 4.79 Å². The molecule has 0 aromatic heterocycles. The van der Waals surface area contributed by atoms with Crippen LogP contribution in [0.1, 0.15) is 52.4 Å². The third-order valence-electron chi connectivity index (χ3n) is 6.13. The van der Waals surface area contributed by atoms with Crippen LogP contribution < -0.4 is 4.74 Å². The molecule has 1 atom stereocenters. The molecule has 1 amide bonds. The molecular weight excluding hydrogens is 364 g/mol. The first-order chi connectivity index (χ1) is 12.9. The van der Waals surface area contributed by atoms with Crippen molar-refractivity contribution < 1.29 is 17.9 Å². The Morgan fingerprint density at radius 3 is 2.52 bits per heavy atom. The predicted octanol–water partition coefficient (Wildman–Crippen LogP) is 3.03. The second-order valence-electron chi connectivity index (χ2n) is 7.63. The highest BCUT2D eigenvalue weighted by atomic mass is 32.2. The topological polar surface area (TPSA) is 66.9 Å². The summed E-state index contributed by atoms with van der Waals surface area (Å²) in [4.78, 5) is 14.1. The first-order valence-electron chi connectivity index (χ1n) is 9.79. The summed E-state index contributed by atoms with van der Waals surface area (Å²) in [6.45, 7) is 4.47. The summed E-state index contributed by atoms with van der Waals surface area (Å²) in [7, 11) is -2.23. The van der Waals surface area contributed by atoms with Crippen LogP contribution in [0.5, 0.6) is 5.75 Å². The van der Waals surface area contributed by atoms with Crippen LogP contribution in [-0.4, -0.2) is 55.3 Å². The van der Waals surface area contributed by atoms with Crippen molar-refractivity contribution in [3.8, 4) is 5.75 Å². The van der Waals surface area contributed by atoms with Gasteiger partial charge >= 0.3 is 0 Å². The second-order valence-corrected chi connectivity index (χ2v) is 9.47. The van der Waals surface area contributed by atoms with Gasteiger partial charge in [0.25, 0.3) is 0 Å². The van der Waals surface area contributed by atoms with Gasteiger partial charge in [-0.05, 0) is 38.3 Å². The molecule has 0 bridgehead atoms. The van der Waals surface area contributed by atoms with Crippen molar-refractivity contribution in [3.05, 3.63) is 24.3 Å². The lowest BCUT2D eigenvalue weighted by atomic mass is 9.80. The number of ether oxygens (including phenoxy) is 1. The Balaban J connectivity index is 2.03. The summed E-state index contributed by atoms with van der Waals surface area (Å²) in [6, 6.07) is 6.72. The zero-order valence-electron chi connectivity index (χ0n) is 16.5. The minimum Gasteiger partial charge on any atom is -0.495 e. The van der Waals surface area contributed by atoms with E-state index in [1.165, 1.54) is 7.11 Å². The van der Waals surface area contributed by atoms with E-state index in [0.29, 0.717) is 18.8 Å². The van der Waals surface area contributed by atoms with Gasteiger partial charge in [0, 0.05) is 31.6 Å². The molecule has 7 heteroatoms. The molecule has 2 aliphatic rings. The van der Waals surface area contributed by atoms with Crippen molar-refractivity contribution in [2.75, 3.05) is 20.2 Å². The van der Waals surface area contributed by atoms with Gasteiger partial charge in [0.15, 0.2) is 0 Å². The summed E-state index contributed by atoms with van der Waals surface area (Å²) < 4.78 is 34.3. The van der Waals surface area contributed by atoms with Gasteiger partial charge in [0.1, 0.15) is 10.6 Å². The molecule has 2 fully saturated rings. The summed E-state index contributed by atoms with van der Waals surface area (Å²) >= 11 is 0. The molecule has 1 aromatic rings. The first kappa shape index (κ1) is 20.1. The number of likely N-dealkylation sites (N-methyl/N-ethyl adjacent to an activating group) is 1. The van der Waals surface area contributed by atoms with Crippen LogP contribution in [0, 0.1) is 0 Å². The van der Waals surface area contributed by atoms with Gasteiger partial charge < -0.3 is 9.64 Å². The van der Waals surface area contributed by atoms with Crippen LogP contribution in [-0.2, 0) is 14.8 Å². The minimum absolute atomic E-state index is 0.00463. The molecule has 1 aliphatic heterocycles. The number of amides is 1. The van der Waals surface area contributed by atoms with Gasteiger partial charge in [0.2, 0.25) is 15.9 Å². The smallest absolute Gasteiger partial charge is 0.247 e. The third-order valence-corrected chi connectivity index (χ3v) is 8.14. The van der Waals surface area contributed by atoms with Gasteiger partial charge in [-0.1, -0.05) is 31.4 Å². The summed E-state index contributed by atoms with van der Waals surface area (Å²) in [5.41, 5.74) is -0.397. The van der Waals surface area contributed by atoms with Crippen molar-refractivity contribution in [3.63, 3.8) is 0 Å². The lowest BCUT2D eigenvalue weighted by Crippen LogP contribution is -2.48. The highest BCUT2D eigenvalue weighted by molar-refractivity contribution is 7.89. The zero-order valence-corrected chi connectivity index (χ0v) is 17.3. The molecule has 1 saturated carbocycles. The highest BCUT2D eigenvalue weighted by Gasteiger charge is 2.53. The van der Waals surface area contributed by atoms with Crippen LogP contribution >= 0.6 is 0 Å². The van der Waals surface area contributed by atoms with E-state index in [2.05, 4.69) is 0 Å². The number of para-hydroxylation sites is 1. The van der Waals surface area contributed by atoms with Gasteiger partial charge in [-0.25, -0.2) is 8.42 Å². The molecule has 27 heavy (non-hydrogen) atoms. The van der Waals surface area contributed by atoms with Crippen LogP contribution in [0.4, 0.5) is 0 Å². The molecule has 0 N–H and O–H groups in total. The number of carbonyl (C=O) groups is 1. The van der Waals surface area contributed by atoms with Crippen molar-refractivity contribution in [1.29, 1.82) is 0 Å². The van der Waals surface area contributed by atoms with Crippen molar-refractivity contribution >= 4 is 15.9 Å². The Bertz CT molecular complexity index is 787. The SMILES string of the molecule is CCN(C(C)=O)[C@@H]1CN(S(=O)(=O)c2ccccc2OC)C2(CCCCC2)C1. The Morgan fingerprint density at radius 2 is 1.93 bits per heavy atom. The lowest BCUT2D eigenvalue weighted by molar-refractivity contribution is -0.130. The molecule has 3 rings (SSSR count).